The van der Waals surface area contributed by atoms with Gasteiger partial charge in [-0.2, -0.15) is 0 Å². The van der Waals surface area contributed by atoms with Crippen molar-refractivity contribution in [3.05, 3.63) is 0 Å². The second-order valence-electron chi connectivity index (χ2n) is 4.15. The maximum absolute atomic E-state index is 3.51. The largest absolute Gasteiger partial charge is 0.316 e. The van der Waals surface area contributed by atoms with Gasteiger partial charge in [-0.25, -0.2) is 0 Å². The van der Waals surface area contributed by atoms with Gasteiger partial charge < -0.3 is 5.32 Å². The molecule has 0 aromatic heterocycles. The number of hydrogen-bond acceptors (Lipinski definition) is 1. The molecule has 1 N–H and O–H groups in total. The molecule has 1 nitrogen and oxygen atoms in total. The SMILES string of the molecule is C1CCC([C@H]2CCCNC2)C1. The molecule has 1 heterocycles. The molecule has 1 saturated carbocycles. The molecule has 1 aliphatic heterocycles. The summed E-state index contributed by atoms with van der Waals surface area (Å²) < 4.78 is 0. The van der Waals surface area contributed by atoms with Gasteiger partial charge in [0, 0.05) is 0 Å². The van der Waals surface area contributed by atoms with Crippen LogP contribution in [0.15, 0.2) is 0 Å². The van der Waals surface area contributed by atoms with Crippen molar-refractivity contribution in [2.24, 2.45) is 11.8 Å². The van der Waals surface area contributed by atoms with Crippen molar-refractivity contribution in [2.75, 3.05) is 13.1 Å². The zero-order chi connectivity index (χ0) is 7.52. The van der Waals surface area contributed by atoms with Crippen LogP contribution < -0.4 is 5.32 Å². The second kappa shape index (κ2) is 3.57. The molecule has 0 spiro atoms. The first-order valence-corrected chi connectivity index (χ1v) is 5.17. The van der Waals surface area contributed by atoms with Gasteiger partial charge >= 0.3 is 0 Å². The first kappa shape index (κ1) is 7.60. The fraction of sp³-hybridized carbons (Fsp3) is 1.00. The molecule has 0 amide bonds. The highest BCUT2D eigenvalue weighted by molar-refractivity contribution is 4.79. The molecule has 2 fully saturated rings. The van der Waals surface area contributed by atoms with E-state index in [9.17, 15) is 0 Å². The third kappa shape index (κ3) is 1.76. The van der Waals surface area contributed by atoms with Crippen LogP contribution in [0.2, 0.25) is 0 Å². The summed E-state index contributed by atoms with van der Waals surface area (Å²) in [6.07, 6.45) is 8.96. The quantitative estimate of drug-likeness (QED) is 0.609. The molecule has 0 radical (unpaired) electrons. The highest BCUT2D eigenvalue weighted by Gasteiger charge is 2.25. The Labute approximate surface area is 69.6 Å². The lowest BCUT2D eigenvalue weighted by Gasteiger charge is -2.27. The number of piperidine rings is 1. The molecule has 0 aromatic rings. The average Bonchev–Trinajstić information content (AvgIpc) is 2.58. The van der Waals surface area contributed by atoms with Crippen LogP contribution in [0, 0.1) is 11.8 Å². The lowest BCUT2D eigenvalue weighted by Crippen LogP contribution is -2.33. The molecule has 1 saturated heterocycles. The lowest BCUT2D eigenvalue weighted by atomic mass is 9.85. The second-order valence-corrected chi connectivity index (χ2v) is 4.15. The standard InChI is InChI=1S/C10H19N/c1-2-5-9(4-1)10-6-3-7-11-8-10/h9-11H,1-8H2/t10-/m0/s1. The Morgan fingerprint density at radius 2 is 1.55 bits per heavy atom. The van der Waals surface area contributed by atoms with Gasteiger partial charge in [0.1, 0.15) is 0 Å². The molecule has 0 aromatic carbocycles. The number of nitrogens with one attached hydrogen (secondary N) is 1. The van der Waals surface area contributed by atoms with Crippen LogP contribution in [0.25, 0.3) is 0 Å². The van der Waals surface area contributed by atoms with Crippen molar-refractivity contribution >= 4 is 0 Å². The summed E-state index contributed by atoms with van der Waals surface area (Å²) in [6.45, 7) is 2.58. The molecule has 0 bridgehead atoms. The van der Waals surface area contributed by atoms with E-state index in [1.165, 1.54) is 51.6 Å². The Morgan fingerprint density at radius 3 is 2.18 bits per heavy atom. The summed E-state index contributed by atoms with van der Waals surface area (Å²) in [5.41, 5.74) is 0. The Bertz CT molecular complexity index is 110. The third-order valence-corrected chi connectivity index (χ3v) is 3.40. The van der Waals surface area contributed by atoms with Gasteiger partial charge in [-0.1, -0.05) is 25.7 Å². The molecular weight excluding hydrogens is 134 g/mol. The van der Waals surface area contributed by atoms with Crippen molar-refractivity contribution in [2.45, 2.75) is 38.5 Å². The van der Waals surface area contributed by atoms with Crippen LogP contribution >= 0.6 is 0 Å². The molecule has 0 unspecified atom stereocenters. The molecule has 1 atom stereocenters. The highest BCUT2D eigenvalue weighted by atomic mass is 14.9. The zero-order valence-corrected chi connectivity index (χ0v) is 7.31. The van der Waals surface area contributed by atoms with Crippen LogP contribution in [-0.4, -0.2) is 13.1 Å². The van der Waals surface area contributed by atoms with Crippen LogP contribution in [0.4, 0.5) is 0 Å². The Balaban J connectivity index is 1.82. The van der Waals surface area contributed by atoms with Crippen LogP contribution in [-0.2, 0) is 0 Å². The number of rotatable bonds is 1. The fourth-order valence-corrected chi connectivity index (χ4v) is 2.71. The van der Waals surface area contributed by atoms with Crippen LogP contribution in [0.5, 0.6) is 0 Å². The van der Waals surface area contributed by atoms with Crippen molar-refractivity contribution < 1.29 is 0 Å². The molecule has 1 heteroatoms. The lowest BCUT2D eigenvalue weighted by molar-refractivity contribution is 0.268. The summed E-state index contributed by atoms with van der Waals surface area (Å²) in [6, 6.07) is 0. The molecular formula is C10H19N. The normalized spacial score (nSPS) is 34.4. The topological polar surface area (TPSA) is 12.0 Å². The zero-order valence-electron chi connectivity index (χ0n) is 7.31. The van der Waals surface area contributed by atoms with Crippen LogP contribution in [0.1, 0.15) is 38.5 Å². The van der Waals surface area contributed by atoms with Crippen molar-refractivity contribution in [3.63, 3.8) is 0 Å². The minimum absolute atomic E-state index is 1.03. The van der Waals surface area contributed by atoms with Gasteiger partial charge in [-0.15, -0.1) is 0 Å². The van der Waals surface area contributed by atoms with E-state index < -0.39 is 0 Å². The van der Waals surface area contributed by atoms with Gasteiger partial charge in [0.15, 0.2) is 0 Å². The summed E-state index contributed by atoms with van der Waals surface area (Å²) in [7, 11) is 0. The first-order chi connectivity index (χ1) is 5.47. The maximum Gasteiger partial charge on any atom is -0.00179 e. The molecule has 2 aliphatic rings. The van der Waals surface area contributed by atoms with E-state index in [1.807, 2.05) is 0 Å². The van der Waals surface area contributed by atoms with E-state index in [-0.39, 0.29) is 0 Å². The Morgan fingerprint density at radius 1 is 0.818 bits per heavy atom. The smallest absolute Gasteiger partial charge is 0.00179 e. The van der Waals surface area contributed by atoms with Crippen molar-refractivity contribution in [1.29, 1.82) is 0 Å². The predicted molar refractivity (Wildman–Crippen MR) is 47.6 cm³/mol. The summed E-state index contributed by atoms with van der Waals surface area (Å²) in [5, 5.41) is 3.51. The molecule has 64 valence electrons. The molecule has 1 aliphatic carbocycles. The first-order valence-electron chi connectivity index (χ1n) is 5.17. The minimum Gasteiger partial charge on any atom is -0.316 e. The van der Waals surface area contributed by atoms with E-state index in [4.69, 9.17) is 0 Å². The average molecular weight is 153 g/mol. The van der Waals surface area contributed by atoms with Crippen molar-refractivity contribution in [1.82, 2.24) is 5.32 Å². The number of hydrogen-bond donors (Lipinski definition) is 1. The van der Waals surface area contributed by atoms with E-state index in [2.05, 4.69) is 5.32 Å². The van der Waals surface area contributed by atoms with E-state index in [0.29, 0.717) is 0 Å². The molecule has 2 rings (SSSR count). The third-order valence-electron chi connectivity index (χ3n) is 3.40. The van der Waals surface area contributed by atoms with Crippen LogP contribution in [0.3, 0.4) is 0 Å². The monoisotopic (exact) mass is 153 g/mol. The fourth-order valence-electron chi connectivity index (χ4n) is 2.71. The highest BCUT2D eigenvalue weighted by Crippen LogP contribution is 2.34. The minimum atomic E-state index is 1.03. The van der Waals surface area contributed by atoms with E-state index in [1.54, 1.807) is 0 Å². The van der Waals surface area contributed by atoms with E-state index >= 15 is 0 Å². The molecule has 11 heavy (non-hydrogen) atoms. The summed E-state index contributed by atoms with van der Waals surface area (Å²) in [5.74, 6) is 2.12. The Kier molecular flexibility index (Phi) is 2.47. The summed E-state index contributed by atoms with van der Waals surface area (Å²) >= 11 is 0. The predicted octanol–water partition coefficient (Wildman–Crippen LogP) is 2.18. The van der Waals surface area contributed by atoms with Gasteiger partial charge in [-0.05, 0) is 37.8 Å². The Hall–Kier alpha value is -0.0400. The van der Waals surface area contributed by atoms with Crippen molar-refractivity contribution in [3.8, 4) is 0 Å². The maximum atomic E-state index is 3.51. The summed E-state index contributed by atoms with van der Waals surface area (Å²) in [4.78, 5) is 0. The van der Waals surface area contributed by atoms with E-state index in [0.717, 1.165) is 11.8 Å². The van der Waals surface area contributed by atoms with Gasteiger partial charge in [0.2, 0.25) is 0 Å². The van der Waals surface area contributed by atoms with Gasteiger partial charge in [0.25, 0.3) is 0 Å². The van der Waals surface area contributed by atoms with Gasteiger partial charge in [-0.3, -0.25) is 0 Å². The van der Waals surface area contributed by atoms with Gasteiger partial charge in [0.05, 0.1) is 0 Å².